The third kappa shape index (κ3) is 2.51. The maximum Gasteiger partial charge on any atom is 0.180 e. The Hall–Kier alpha value is -1.24. The minimum Gasteiger partial charge on any atom is -0.303 e. The lowest BCUT2D eigenvalue weighted by Crippen LogP contribution is -2.22. The summed E-state index contributed by atoms with van der Waals surface area (Å²) in [6.45, 7) is 2.71. The predicted molar refractivity (Wildman–Crippen MR) is 79.6 cm³/mol. The molecule has 2 aromatic rings. The molecule has 0 saturated heterocycles. The number of rotatable bonds is 4. The van der Waals surface area contributed by atoms with Crippen LogP contribution in [-0.2, 0) is 22.8 Å². The van der Waals surface area contributed by atoms with Crippen molar-refractivity contribution < 1.29 is 8.42 Å². The van der Waals surface area contributed by atoms with E-state index in [0.717, 1.165) is 17.0 Å². The fourth-order valence-corrected chi connectivity index (χ4v) is 5.01. The number of sulfone groups is 1. The van der Waals surface area contributed by atoms with Gasteiger partial charge in [0.1, 0.15) is 5.01 Å². The van der Waals surface area contributed by atoms with E-state index in [2.05, 4.69) is 17.2 Å². The molecule has 1 unspecified atom stereocenters. The molecule has 2 heterocycles. The van der Waals surface area contributed by atoms with Crippen molar-refractivity contribution in [1.82, 2.24) is 10.3 Å². The minimum atomic E-state index is -3.14. The average Bonchev–Trinajstić information content (AvgIpc) is 3.00. The molecular formula is C14H16N2O2S2. The molecular weight excluding hydrogens is 292 g/mol. The van der Waals surface area contributed by atoms with Gasteiger partial charge in [-0.05, 0) is 18.1 Å². The molecule has 1 aromatic carbocycles. The van der Waals surface area contributed by atoms with Gasteiger partial charge < -0.3 is 5.32 Å². The lowest BCUT2D eigenvalue weighted by atomic mass is 10.1. The summed E-state index contributed by atoms with van der Waals surface area (Å²) < 4.78 is 24.1. The molecule has 0 saturated carbocycles. The van der Waals surface area contributed by atoms with Crippen LogP contribution in [0.4, 0.5) is 0 Å². The van der Waals surface area contributed by atoms with E-state index in [9.17, 15) is 8.42 Å². The highest BCUT2D eigenvalue weighted by Gasteiger charge is 2.33. The van der Waals surface area contributed by atoms with E-state index < -0.39 is 9.84 Å². The van der Waals surface area contributed by atoms with Crippen LogP contribution in [0, 0.1) is 0 Å². The summed E-state index contributed by atoms with van der Waals surface area (Å²) >= 11 is 1.67. The molecule has 0 radical (unpaired) electrons. The topological polar surface area (TPSA) is 59.1 Å². The van der Waals surface area contributed by atoms with Crippen molar-refractivity contribution in [1.29, 1.82) is 0 Å². The quantitative estimate of drug-likeness (QED) is 0.942. The summed E-state index contributed by atoms with van der Waals surface area (Å²) in [7, 11) is -3.14. The highest BCUT2D eigenvalue weighted by Crippen LogP contribution is 2.33. The van der Waals surface area contributed by atoms with Gasteiger partial charge in [-0.1, -0.05) is 25.1 Å². The highest BCUT2D eigenvalue weighted by molar-refractivity contribution is 7.91. The summed E-state index contributed by atoms with van der Waals surface area (Å²) in [5, 5.41) is 4.32. The van der Waals surface area contributed by atoms with Gasteiger partial charge in [0.2, 0.25) is 0 Å². The number of aromatic nitrogens is 1. The highest BCUT2D eigenvalue weighted by atomic mass is 32.2. The van der Waals surface area contributed by atoms with Crippen LogP contribution >= 0.6 is 11.3 Å². The molecule has 20 heavy (non-hydrogen) atoms. The average molecular weight is 308 g/mol. The molecule has 1 aliphatic rings. The zero-order valence-electron chi connectivity index (χ0n) is 11.2. The van der Waals surface area contributed by atoms with Gasteiger partial charge in [-0.3, -0.25) is 0 Å². The molecule has 0 spiro atoms. The Bertz CT molecular complexity index is 722. The molecule has 1 N–H and O–H groups in total. The summed E-state index contributed by atoms with van der Waals surface area (Å²) in [5.41, 5.74) is 0.875. The van der Waals surface area contributed by atoms with E-state index in [1.165, 1.54) is 4.88 Å². The Morgan fingerprint density at radius 1 is 1.40 bits per heavy atom. The first-order valence-corrected chi connectivity index (χ1v) is 9.05. The Morgan fingerprint density at radius 3 is 2.95 bits per heavy atom. The Labute approximate surface area is 122 Å². The molecule has 106 valence electrons. The number of hydrogen-bond acceptors (Lipinski definition) is 5. The van der Waals surface area contributed by atoms with Crippen molar-refractivity contribution in [3.8, 4) is 0 Å². The third-order valence-corrected chi connectivity index (χ3v) is 6.42. The van der Waals surface area contributed by atoms with Crippen molar-refractivity contribution in [2.45, 2.75) is 30.8 Å². The largest absolute Gasteiger partial charge is 0.303 e. The molecule has 0 amide bonds. The Kier molecular flexibility index (Phi) is 3.62. The Balaban J connectivity index is 1.76. The van der Waals surface area contributed by atoms with E-state index in [1.54, 1.807) is 23.5 Å². The first kappa shape index (κ1) is 13.7. The molecule has 6 heteroatoms. The molecule has 0 aliphatic carbocycles. The molecule has 4 nitrogen and oxygen atoms in total. The summed E-state index contributed by atoms with van der Waals surface area (Å²) in [5.74, 6) is 0.137. The number of benzene rings is 1. The van der Waals surface area contributed by atoms with Crippen LogP contribution in [0.5, 0.6) is 0 Å². The first-order valence-electron chi connectivity index (χ1n) is 6.59. The van der Waals surface area contributed by atoms with Gasteiger partial charge in [-0.2, -0.15) is 0 Å². The maximum atomic E-state index is 12.1. The van der Waals surface area contributed by atoms with Crippen LogP contribution in [0.15, 0.2) is 35.4 Å². The molecule has 0 bridgehead atoms. The molecule has 0 fully saturated rings. The minimum absolute atomic E-state index is 0.134. The van der Waals surface area contributed by atoms with Crippen molar-refractivity contribution >= 4 is 21.2 Å². The van der Waals surface area contributed by atoms with Crippen LogP contribution in [0.25, 0.3) is 0 Å². The number of nitrogens with one attached hydrogen (secondary N) is 1. The second-order valence-corrected chi connectivity index (χ2v) is 8.03. The number of fused-ring (bicyclic) bond motifs is 1. The second kappa shape index (κ2) is 5.27. The molecule has 3 rings (SSSR count). The van der Waals surface area contributed by atoms with Crippen molar-refractivity contribution in [3.05, 3.63) is 45.9 Å². The third-order valence-electron chi connectivity index (χ3n) is 3.47. The fraction of sp³-hybridized carbons (Fsp3) is 0.357. The number of hydrogen-bond donors (Lipinski definition) is 1. The van der Waals surface area contributed by atoms with Crippen LogP contribution < -0.4 is 5.32 Å². The van der Waals surface area contributed by atoms with Gasteiger partial charge in [0.15, 0.2) is 9.84 Å². The molecule has 1 atom stereocenters. The normalized spacial score (nSPS) is 19.9. The van der Waals surface area contributed by atoms with Gasteiger partial charge in [-0.15, -0.1) is 11.3 Å². The summed E-state index contributed by atoms with van der Waals surface area (Å²) in [6, 6.07) is 7.09. The van der Waals surface area contributed by atoms with Crippen LogP contribution in [-0.4, -0.2) is 19.2 Å². The van der Waals surface area contributed by atoms with E-state index >= 15 is 0 Å². The van der Waals surface area contributed by atoms with Gasteiger partial charge in [0, 0.05) is 23.7 Å². The zero-order valence-corrected chi connectivity index (χ0v) is 12.8. The van der Waals surface area contributed by atoms with Crippen LogP contribution in [0.1, 0.15) is 28.4 Å². The SMILES string of the molecule is CCc1cnc(CNC2CS(=O)(=O)c3ccccc32)s1. The summed E-state index contributed by atoms with van der Waals surface area (Å²) in [4.78, 5) is 6.06. The van der Waals surface area contributed by atoms with Crippen molar-refractivity contribution in [3.63, 3.8) is 0 Å². The van der Waals surface area contributed by atoms with Crippen LogP contribution in [0.2, 0.25) is 0 Å². The monoisotopic (exact) mass is 308 g/mol. The number of nitrogens with zero attached hydrogens (tertiary/aromatic N) is 1. The van der Waals surface area contributed by atoms with E-state index in [0.29, 0.717) is 11.4 Å². The van der Waals surface area contributed by atoms with E-state index in [-0.39, 0.29) is 11.8 Å². The van der Waals surface area contributed by atoms with Crippen LogP contribution in [0.3, 0.4) is 0 Å². The van der Waals surface area contributed by atoms with Crippen molar-refractivity contribution in [2.75, 3.05) is 5.75 Å². The van der Waals surface area contributed by atoms with E-state index in [4.69, 9.17) is 0 Å². The lowest BCUT2D eigenvalue weighted by molar-refractivity contribution is 0.565. The molecule has 1 aromatic heterocycles. The van der Waals surface area contributed by atoms with E-state index in [1.807, 2.05) is 18.3 Å². The predicted octanol–water partition coefficient (Wildman–Crippen LogP) is 2.32. The fourth-order valence-electron chi connectivity index (χ4n) is 2.42. The Morgan fingerprint density at radius 2 is 2.20 bits per heavy atom. The van der Waals surface area contributed by atoms with Gasteiger partial charge in [-0.25, -0.2) is 13.4 Å². The van der Waals surface area contributed by atoms with Crippen molar-refractivity contribution in [2.24, 2.45) is 0 Å². The maximum absolute atomic E-state index is 12.1. The zero-order chi connectivity index (χ0) is 14.2. The molecule has 1 aliphatic heterocycles. The lowest BCUT2D eigenvalue weighted by Gasteiger charge is -2.10. The number of aryl methyl sites for hydroxylation is 1. The number of thiazole rings is 1. The summed E-state index contributed by atoms with van der Waals surface area (Å²) in [6.07, 6.45) is 2.87. The van der Waals surface area contributed by atoms with Gasteiger partial charge >= 0.3 is 0 Å². The standard InChI is InChI=1S/C14H16N2O2S2/c1-2-10-7-16-14(19-10)8-15-12-9-20(17,18)13-6-4-3-5-11(12)13/h3-7,12,15H,2,8-9H2,1H3. The second-order valence-electron chi connectivity index (χ2n) is 4.83. The van der Waals surface area contributed by atoms with Gasteiger partial charge in [0.05, 0.1) is 10.6 Å². The van der Waals surface area contributed by atoms with Gasteiger partial charge in [0.25, 0.3) is 0 Å². The first-order chi connectivity index (χ1) is 9.60. The smallest absolute Gasteiger partial charge is 0.180 e.